The molecule has 2 N–H and O–H groups in total. The Morgan fingerprint density at radius 2 is 0.763 bits per heavy atom. The van der Waals surface area contributed by atoms with E-state index in [0.717, 1.165) is 54.2 Å². The number of rotatable bonds is 4. The molecule has 0 aliphatic heterocycles. The normalized spacial score (nSPS) is 11.7. The number of amides is 2. The summed E-state index contributed by atoms with van der Waals surface area (Å²) in [6.07, 6.45) is 3.14. The van der Waals surface area contributed by atoms with Crippen LogP contribution in [0.25, 0.3) is 43.1 Å². The van der Waals surface area contributed by atoms with Crippen LogP contribution in [0.15, 0.2) is 119 Å². The zero-order valence-electron chi connectivity index (χ0n) is 20.3. The first kappa shape index (κ1) is 23.1. The summed E-state index contributed by atoms with van der Waals surface area (Å²) in [5.41, 5.74) is 6.35. The lowest BCUT2D eigenvalue weighted by molar-refractivity contribution is -0.139. The molecule has 0 atom stereocenters. The first-order valence-corrected chi connectivity index (χ1v) is 12.2. The van der Waals surface area contributed by atoms with Gasteiger partial charge in [0.1, 0.15) is 0 Å². The molecule has 0 radical (unpaired) electrons. The number of carbonyl (C=O) groups excluding carboxylic acids is 2. The van der Waals surface area contributed by atoms with Crippen molar-refractivity contribution in [3.05, 3.63) is 120 Å². The van der Waals surface area contributed by atoms with Crippen molar-refractivity contribution in [3.63, 3.8) is 0 Å². The van der Waals surface area contributed by atoms with Crippen LogP contribution in [0.5, 0.6) is 0 Å². The second kappa shape index (κ2) is 9.95. The van der Waals surface area contributed by atoms with Gasteiger partial charge in [0.2, 0.25) is 0 Å². The molecule has 0 fully saturated rings. The molecule has 182 valence electrons. The Balaban J connectivity index is 1.21. The van der Waals surface area contributed by atoms with E-state index in [1.165, 1.54) is 0 Å². The lowest BCUT2D eigenvalue weighted by Gasteiger charge is -2.08. The van der Waals surface area contributed by atoms with Gasteiger partial charge in [0, 0.05) is 11.1 Å². The van der Waals surface area contributed by atoms with Crippen molar-refractivity contribution in [1.82, 2.24) is 10.9 Å². The molecule has 0 aliphatic carbocycles. The molecule has 6 heteroatoms. The highest BCUT2D eigenvalue weighted by Crippen LogP contribution is 2.28. The molecule has 0 spiro atoms. The van der Waals surface area contributed by atoms with E-state index in [1.807, 2.05) is 97.1 Å². The van der Waals surface area contributed by atoms with Gasteiger partial charge in [0.25, 0.3) is 0 Å². The molecule has 6 aromatic rings. The molecule has 0 unspecified atom stereocenters. The first-order valence-electron chi connectivity index (χ1n) is 12.2. The molecule has 0 saturated carbocycles. The Bertz CT molecular complexity index is 1680. The van der Waals surface area contributed by atoms with Gasteiger partial charge in [-0.2, -0.15) is 10.2 Å². The summed E-state index contributed by atoms with van der Waals surface area (Å²) >= 11 is 0. The summed E-state index contributed by atoms with van der Waals surface area (Å²) in [7, 11) is 0. The predicted molar refractivity (Wildman–Crippen MR) is 154 cm³/mol. The quantitative estimate of drug-likeness (QED) is 0.138. The maximum absolute atomic E-state index is 12.4. The summed E-state index contributed by atoms with van der Waals surface area (Å²) < 4.78 is 0. The Labute approximate surface area is 218 Å². The van der Waals surface area contributed by atoms with Crippen LogP contribution in [0.3, 0.4) is 0 Å². The van der Waals surface area contributed by atoms with Crippen molar-refractivity contribution in [3.8, 4) is 0 Å². The molecule has 0 aromatic heterocycles. The third kappa shape index (κ3) is 4.35. The van der Waals surface area contributed by atoms with Crippen molar-refractivity contribution in [1.29, 1.82) is 0 Å². The van der Waals surface area contributed by atoms with Crippen LogP contribution < -0.4 is 10.9 Å². The fraction of sp³-hybridized carbons (Fsp3) is 0. The fourth-order valence-corrected chi connectivity index (χ4v) is 4.79. The fourth-order valence-electron chi connectivity index (χ4n) is 4.79. The van der Waals surface area contributed by atoms with Crippen molar-refractivity contribution in [2.24, 2.45) is 10.2 Å². The van der Waals surface area contributed by atoms with E-state index in [4.69, 9.17) is 0 Å². The smallest absolute Gasteiger partial charge is 0.262 e. The summed E-state index contributed by atoms with van der Waals surface area (Å²) in [5.74, 6) is -1.82. The van der Waals surface area contributed by atoms with Crippen LogP contribution in [0.4, 0.5) is 0 Å². The molecular formula is C32H22N4O2. The number of hydrogen-bond donors (Lipinski definition) is 2. The van der Waals surface area contributed by atoms with Gasteiger partial charge in [-0.1, -0.05) is 97.1 Å². The molecule has 6 nitrogen and oxygen atoms in total. The van der Waals surface area contributed by atoms with E-state index >= 15 is 0 Å². The Morgan fingerprint density at radius 3 is 1.08 bits per heavy atom. The van der Waals surface area contributed by atoms with Crippen molar-refractivity contribution in [2.45, 2.75) is 0 Å². The SMILES string of the molecule is O=C(NN=Cc1c2ccccc2cc2ccccc12)C(=O)NN=Cc1c2ccccc2cc2ccccc12. The second-order valence-corrected chi connectivity index (χ2v) is 8.86. The molecule has 0 saturated heterocycles. The predicted octanol–water partition coefficient (Wildman–Crippen LogP) is 5.90. The summed E-state index contributed by atoms with van der Waals surface area (Å²) in [6, 6.07) is 36.1. The molecular weight excluding hydrogens is 472 g/mol. The first-order chi connectivity index (χ1) is 18.7. The van der Waals surface area contributed by atoms with Gasteiger partial charge in [-0.25, -0.2) is 10.9 Å². The molecule has 6 aromatic carbocycles. The molecule has 0 bridgehead atoms. The minimum Gasteiger partial charge on any atom is -0.262 e. The van der Waals surface area contributed by atoms with Crippen molar-refractivity contribution < 1.29 is 9.59 Å². The molecule has 6 rings (SSSR count). The van der Waals surface area contributed by atoms with Crippen LogP contribution in [0.1, 0.15) is 11.1 Å². The summed E-state index contributed by atoms with van der Waals surface area (Å²) in [4.78, 5) is 24.8. The third-order valence-electron chi connectivity index (χ3n) is 6.55. The van der Waals surface area contributed by atoms with Gasteiger partial charge in [-0.05, 0) is 55.2 Å². The van der Waals surface area contributed by atoms with E-state index in [1.54, 1.807) is 12.4 Å². The summed E-state index contributed by atoms with van der Waals surface area (Å²) in [6.45, 7) is 0. The van der Waals surface area contributed by atoms with Gasteiger partial charge in [0.15, 0.2) is 0 Å². The van der Waals surface area contributed by atoms with Crippen molar-refractivity contribution >= 4 is 67.3 Å². The highest BCUT2D eigenvalue weighted by atomic mass is 16.2. The van der Waals surface area contributed by atoms with E-state index in [0.29, 0.717) is 0 Å². The number of benzene rings is 6. The van der Waals surface area contributed by atoms with Crippen LogP contribution >= 0.6 is 0 Å². The summed E-state index contributed by atoms with van der Waals surface area (Å²) in [5, 5.41) is 16.4. The van der Waals surface area contributed by atoms with E-state index in [-0.39, 0.29) is 0 Å². The lowest BCUT2D eigenvalue weighted by atomic mass is 9.97. The minimum atomic E-state index is -0.911. The topological polar surface area (TPSA) is 82.9 Å². The third-order valence-corrected chi connectivity index (χ3v) is 6.55. The van der Waals surface area contributed by atoms with Crippen LogP contribution in [-0.4, -0.2) is 24.2 Å². The highest BCUT2D eigenvalue weighted by molar-refractivity contribution is 6.35. The van der Waals surface area contributed by atoms with Gasteiger partial charge in [0.05, 0.1) is 12.4 Å². The maximum Gasteiger partial charge on any atom is 0.331 e. The Morgan fingerprint density at radius 1 is 0.474 bits per heavy atom. The van der Waals surface area contributed by atoms with Gasteiger partial charge in [-0.3, -0.25) is 9.59 Å². The largest absolute Gasteiger partial charge is 0.331 e. The number of nitrogens with zero attached hydrogens (tertiary/aromatic N) is 2. The second-order valence-electron chi connectivity index (χ2n) is 8.86. The Hall–Kier alpha value is -5.36. The minimum absolute atomic E-state index is 0.861. The number of fused-ring (bicyclic) bond motifs is 4. The van der Waals surface area contributed by atoms with Gasteiger partial charge < -0.3 is 0 Å². The lowest BCUT2D eigenvalue weighted by Crippen LogP contribution is -2.35. The van der Waals surface area contributed by atoms with Crippen LogP contribution in [0, 0.1) is 0 Å². The molecule has 2 amide bonds. The van der Waals surface area contributed by atoms with Crippen LogP contribution in [-0.2, 0) is 9.59 Å². The number of nitrogens with one attached hydrogen (secondary N) is 2. The number of carbonyl (C=O) groups is 2. The standard InChI is InChI=1S/C32H22N4O2/c37-31(35-33-19-29-25-13-5-1-9-21(25)17-22-10-2-6-14-26(22)29)32(38)36-34-20-30-27-15-7-3-11-23(27)18-24-12-4-8-16-28(24)30/h1-20H,(H,35,37)(H,36,38). The molecule has 0 aliphatic rings. The van der Waals surface area contributed by atoms with Crippen LogP contribution in [0.2, 0.25) is 0 Å². The number of hydrogen-bond acceptors (Lipinski definition) is 4. The maximum atomic E-state index is 12.4. The van der Waals surface area contributed by atoms with E-state index in [2.05, 4.69) is 33.2 Å². The average molecular weight is 495 g/mol. The van der Waals surface area contributed by atoms with Gasteiger partial charge in [-0.15, -0.1) is 0 Å². The van der Waals surface area contributed by atoms with Gasteiger partial charge >= 0.3 is 11.8 Å². The molecule has 38 heavy (non-hydrogen) atoms. The number of hydrazone groups is 2. The average Bonchev–Trinajstić information content (AvgIpc) is 2.96. The monoisotopic (exact) mass is 494 g/mol. The highest BCUT2D eigenvalue weighted by Gasteiger charge is 2.12. The zero-order chi connectivity index (χ0) is 25.9. The van der Waals surface area contributed by atoms with E-state index < -0.39 is 11.8 Å². The van der Waals surface area contributed by atoms with Crippen molar-refractivity contribution in [2.75, 3.05) is 0 Å². The molecule has 0 heterocycles. The zero-order valence-corrected chi connectivity index (χ0v) is 20.3. The Kier molecular flexibility index (Phi) is 6.04. The van der Waals surface area contributed by atoms with E-state index in [9.17, 15) is 9.59 Å².